The van der Waals surface area contributed by atoms with Crippen molar-refractivity contribution in [2.24, 2.45) is 0 Å². The van der Waals surface area contributed by atoms with E-state index in [9.17, 15) is 4.79 Å². The normalized spacial score (nSPS) is 14.8. The molecule has 1 aromatic carbocycles. The second-order valence-corrected chi connectivity index (χ2v) is 4.00. The second-order valence-electron chi connectivity index (χ2n) is 4.00. The molecule has 0 aliphatic carbocycles. The van der Waals surface area contributed by atoms with Crippen LogP contribution in [0.3, 0.4) is 0 Å². The lowest BCUT2D eigenvalue weighted by atomic mass is 10.2. The standard InChI is InChI=1S/C13H18N2O2.ClH/c1-2-17-12-5-3-11(4-6-12)13(16)15-9-7-14-8-10-15;/h3-6,14H,2,7-10H2,1H3;1H. The van der Waals surface area contributed by atoms with E-state index in [0.717, 1.165) is 37.5 Å². The minimum Gasteiger partial charge on any atom is -0.494 e. The molecule has 4 nitrogen and oxygen atoms in total. The van der Waals surface area contributed by atoms with Crippen LogP contribution in [-0.4, -0.2) is 43.6 Å². The predicted molar refractivity (Wildman–Crippen MR) is 73.6 cm³/mol. The Morgan fingerprint density at radius 3 is 2.44 bits per heavy atom. The first kappa shape index (κ1) is 14.8. The molecular formula is C13H19ClN2O2. The topological polar surface area (TPSA) is 41.6 Å². The highest BCUT2D eigenvalue weighted by Gasteiger charge is 2.17. The van der Waals surface area contributed by atoms with Crippen molar-refractivity contribution in [1.82, 2.24) is 10.2 Å². The van der Waals surface area contributed by atoms with Gasteiger partial charge in [0.15, 0.2) is 0 Å². The summed E-state index contributed by atoms with van der Waals surface area (Å²) in [4.78, 5) is 14.0. The molecule has 1 aliphatic heterocycles. The molecule has 2 rings (SSSR count). The lowest BCUT2D eigenvalue weighted by Gasteiger charge is -2.27. The fourth-order valence-corrected chi connectivity index (χ4v) is 1.91. The maximum Gasteiger partial charge on any atom is 0.253 e. The van der Waals surface area contributed by atoms with Crippen molar-refractivity contribution in [3.63, 3.8) is 0 Å². The number of rotatable bonds is 3. The lowest BCUT2D eigenvalue weighted by molar-refractivity contribution is 0.0736. The van der Waals surface area contributed by atoms with E-state index in [-0.39, 0.29) is 18.3 Å². The minimum absolute atomic E-state index is 0. The van der Waals surface area contributed by atoms with Gasteiger partial charge in [0.1, 0.15) is 5.75 Å². The zero-order valence-electron chi connectivity index (χ0n) is 10.5. The smallest absolute Gasteiger partial charge is 0.253 e. The number of hydrogen-bond acceptors (Lipinski definition) is 3. The Morgan fingerprint density at radius 1 is 1.28 bits per heavy atom. The van der Waals surface area contributed by atoms with E-state index in [4.69, 9.17) is 4.74 Å². The molecule has 0 radical (unpaired) electrons. The largest absolute Gasteiger partial charge is 0.494 e. The molecule has 1 aliphatic rings. The molecule has 1 amide bonds. The maximum absolute atomic E-state index is 12.1. The van der Waals surface area contributed by atoms with Crippen molar-refractivity contribution in [2.75, 3.05) is 32.8 Å². The van der Waals surface area contributed by atoms with Gasteiger partial charge < -0.3 is 15.0 Å². The van der Waals surface area contributed by atoms with Crippen molar-refractivity contribution < 1.29 is 9.53 Å². The van der Waals surface area contributed by atoms with Crippen LogP contribution in [-0.2, 0) is 0 Å². The SMILES string of the molecule is CCOc1ccc(C(=O)N2CCNCC2)cc1.Cl. The first-order valence-corrected chi connectivity index (χ1v) is 6.04. The zero-order chi connectivity index (χ0) is 12.1. The molecule has 5 heteroatoms. The number of nitrogens with zero attached hydrogens (tertiary/aromatic N) is 1. The Balaban J connectivity index is 0.00000162. The molecule has 0 saturated carbocycles. The van der Waals surface area contributed by atoms with Crippen molar-refractivity contribution in [3.05, 3.63) is 29.8 Å². The highest BCUT2D eigenvalue weighted by Crippen LogP contribution is 2.13. The Kier molecular flexibility index (Phi) is 5.95. The monoisotopic (exact) mass is 270 g/mol. The highest BCUT2D eigenvalue weighted by atomic mass is 35.5. The van der Waals surface area contributed by atoms with E-state index in [2.05, 4.69) is 5.32 Å². The molecule has 1 aromatic rings. The van der Waals surface area contributed by atoms with Gasteiger partial charge in [-0.05, 0) is 31.2 Å². The van der Waals surface area contributed by atoms with Crippen LogP contribution in [0.2, 0.25) is 0 Å². The number of hydrogen-bond donors (Lipinski definition) is 1. The maximum atomic E-state index is 12.1. The van der Waals surface area contributed by atoms with Crippen LogP contribution in [0.5, 0.6) is 5.75 Å². The molecule has 0 atom stereocenters. The van der Waals surface area contributed by atoms with E-state index >= 15 is 0 Å². The third-order valence-corrected chi connectivity index (χ3v) is 2.82. The number of piperazine rings is 1. The van der Waals surface area contributed by atoms with Crippen LogP contribution in [0.4, 0.5) is 0 Å². The van der Waals surface area contributed by atoms with E-state index in [0.29, 0.717) is 6.61 Å². The second kappa shape index (κ2) is 7.24. The Morgan fingerprint density at radius 2 is 1.89 bits per heavy atom. The number of carbonyl (C=O) groups excluding carboxylic acids is 1. The van der Waals surface area contributed by atoms with Gasteiger partial charge in [0, 0.05) is 31.7 Å². The summed E-state index contributed by atoms with van der Waals surface area (Å²) in [5, 5.41) is 3.23. The van der Waals surface area contributed by atoms with Gasteiger partial charge in [0.25, 0.3) is 5.91 Å². The molecule has 18 heavy (non-hydrogen) atoms. The fourth-order valence-electron chi connectivity index (χ4n) is 1.91. The fraction of sp³-hybridized carbons (Fsp3) is 0.462. The summed E-state index contributed by atoms with van der Waals surface area (Å²) in [6.07, 6.45) is 0. The third kappa shape index (κ3) is 3.62. The van der Waals surface area contributed by atoms with Gasteiger partial charge in [0.2, 0.25) is 0 Å². The highest BCUT2D eigenvalue weighted by molar-refractivity contribution is 5.94. The molecule has 1 heterocycles. The third-order valence-electron chi connectivity index (χ3n) is 2.82. The number of nitrogens with one attached hydrogen (secondary N) is 1. The summed E-state index contributed by atoms with van der Waals surface area (Å²) in [5.74, 6) is 0.916. The van der Waals surface area contributed by atoms with Crippen molar-refractivity contribution in [3.8, 4) is 5.75 Å². The number of carbonyl (C=O) groups is 1. The van der Waals surface area contributed by atoms with Crippen molar-refractivity contribution in [1.29, 1.82) is 0 Å². The summed E-state index contributed by atoms with van der Waals surface area (Å²) < 4.78 is 5.35. The van der Waals surface area contributed by atoms with Gasteiger partial charge in [-0.25, -0.2) is 0 Å². The summed E-state index contributed by atoms with van der Waals surface area (Å²) in [6, 6.07) is 7.35. The van der Waals surface area contributed by atoms with Crippen LogP contribution in [0.25, 0.3) is 0 Å². The molecular weight excluding hydrogens is 252 g/mol. The van der Waals surface area contributed by atoms with Crippen LogP contribution < -0.4 is 10.1 Å². The first-order chi connectivity index (χ1) is 8.31. The van der Waals surface area contributed by atoms with Gasteiger partial charge in [-0.1, -0.05) is 0 Å². The number of halogens is 1. The summed E-state index contributed by atoms with van der Waals surface area (Å²) in [5.41, 5.74) is 0.732. The molecule has 0 aromatic heterocycles. The zero-order valence-corrected chi connectivity index (χ0v) is 11.3. The predicted octanol–water partition coefficient (Wildman–Crippen LogP) is 1.55. The molecule has 1 N–H and O–H groups in total. The van der Waals surface area contributed by atoms with E-state index in [1.807, 2.05) is 36.1 Å². The van der Waals surface area contributed by atoms with Gasteiger partial charge in [-0.3, -0.25) is 4.79 Å². The van der Waals surface area contributed by atoms with Gasteiger partial charge in [-0.15, -0.1) is 12.4 Å². The molecule has 0 spiro atoms. The Hall–Kier alpha value is -1.26. The van der Waals surface area contributed by atoms with Gasteiger partial charge in [0.05, 0.1) is 6.61 Å². The Labute approximate surface area is 114 Å². The minimum atomic E-state index is 0. The van der Waals surface area contributed by atoms with Gasteiger partial charge in [-0.2, -0.15) is 0 Å². The van der Waals surface area contributed by atoms with Crippen molar-refractivity contribution in [2.45, 2.75) is 6.92 Å². The number of ether oxygens (including phenoxy) is 1. The van der Waals surface area contributed by atoms with E-state index in [1.54, 1.807) is 0 Å². The van der Waals surface area contributed by atoms with Crippen LogP contribution in [0.15, 0.2) is 24.3 Å². The van der Waals surface area contributed by atoms with Gasteiger partial charge >= 0.3 is 0 Å². The number of benzene rings is 1. The van der Waals surface area contributed by atoms with Crippen molar-refractivity contribution >= 4 is 18.3 Å². The average molecular weight is 271 g/mol. The summed E-state index contributed by atoms with van der Waals surface area (Å²) in [7, 11) is 0. The van der Waals surface area contributed by atoms with Crippen LogP contribution in [0.1, 0.15) is 17.3 Å². The molecule has 100 valence electrons. The quantitative estimate of drug-likeness (QED) is 0.906. The number of amides is 1. The summed E-state index contributed by atoms with van der Waals surface area (Å²) >= 11 is 0. The molecule has 0 unspecified atom stereocenters. The van der Waals surface area contributed by atoms with Crippen LogP contribution >= 0.6 is 12.4 Å². The average Bonchev–Trinajstić information content (AvgIpc) is 2.40. The first-order valence-electron chi connectivity index (χ1n) is 6.04. The van der Waals surface area contributed by atoms with Crippen LogP contribution in [0, 0.1) is 0 Å². The summed E-state index contributed by atoms with van der Waals surface area (Å²) in [6.45, 7) is 5.91. The van der Waals surface area contributed by atoms with E-state index < -0.39 is 0 Å². The Bertz CT molecular complexity index is 375. The molecule has 1 saturated heterocycles. The lowest BCUT2D eigenvalue weighted by Crippen LogP contribution is -2.46. The molecule has 0 bridgehead atoms. The van der Waals surface area contributed by atoms with E-state index in [1.165, 1.54) is 0 Å². The molecule has 1 fully saturated rings.